The Morgan fingerprint density at radius 3 is 1.10 bits per heavy atom. The van der Waals surface area contributed by atoms with E-state index < -0.39 is 0 Å². The van der Waals surface area contributed by atoms with Crippen molar-refractivity contribution in [3.8, 4) is 0 Å². The Bertz CT molecular complexity index is 3740. The number of hydrogen-bond acceptors (Lipinski definition) is 2. The Morgan fingerprint density at radius 2 is 0.691 bits per heavy atom. The van der Waals surface area contributed by atoms with Gasteiger partial charge in [-0.2, -0.15) is 0 Å². The van der Waals surface area contributed by atoms with Crippen molar-refractivity contribution in [2.75, 3.05) is 9.80 Å². The SMILES string of the molecule is Cc1ccc(C)c(N(c2ccc3ccc4c(N(c5cc(C)ccc5C)c5cccc6c5c5ccccc5n6C(C)(C)C)ccc5ccc2c3c54)c2cccc3c2c2ccccc2n3C(C)(C)C)c1. The van der Waals surface area contributed by atoms with Crippen LogP contribution in [-0.2, 0) is 11.1 Å². The van der Waals surface area contributed by atoms with E-state index in [2.05, 4.69) is 258 Å². The average molecular weight is 883 g/mol. The minimum Gasteiger partial charge on any atom is -0.335 e. The van der Waals surface area contributed by atoms with Gasteiger partial charge in [0.25, 0.3) is 0 Å². The molecule has 0 spiro atoms. The summed E-state index contributed by atoms with van der Waals surface area (Å²) in [6.07, 6.45) is 0. The van der Waals surface area contributed by atoms with Gasteiger partial charge >= 0.3 is 0 Å². The minimum atomic E-state index is -0.130. The van der Waals surface area contributed by atoms with Gasteiger partial charge in [0.2, 0.25) is 0 Å². The number of benzene rings is 10. The van der Waals surface area contributed by atoms with Crippen molar-refractivity contribution in [1.82, 2.24) is 9.13 Å². The number of nitrogens with zero attached hydrogens (tertiary/aromatic N) is 4. The summed E-state index contributed by atoms with van der Waals surface area (Å²) >= 11 is 0. The van der Waals surface area contributed by atoms with Gasteiger partial charge in [-0.3, -0.25) is 0 Å². The number of fused-ring (bicyclic) bond motifs is 6. The number of aromatic nitrogens is 2. The van der Waals surface area contributed by atoms with E-state index in [1.165, 1.54) is 121 Å². The van der Waals surface area contributed by atoms with Gasteiger partial charge in [0.15, 0.2) is 0 Å². The highest BCUT2D eigenvalue weighted by Gasteiger charge is 2.29. The maximum Gasteiger partial charge on any atom is 0.0562 e. The van der Waals surface area contributed by atoms with Crippen LogP contribution in [0.2, 0.25) is 0 Å². The Morgan fingerprint density at radius 1 is 0.309 bits per heavy atom. The smallest absolute Gasteiger partial charge is 0.0562 e. The van der Waals surface area contributed by atoms with Crippen molar-refractivity contribution in [3.05, 3.63) is 192 Å². The van der Waals surface area contributed by atoms with Crippen LogP contribution in [-0.4, -0.2) is 9.13 Å². The predicted octanol–water partition coefficient (Wildman–Crippen LogP) is 18.5. The molecule has 4 nitrogen and oxygen atoms in total. The fourth-order valence-corrected chi connectivity index (χ4v) is 11.7. The molecule has 0 radical (unpaired) electrons. The van der Waals surface area contributed by atoms with E-state index in [-0.39, 0.29) is 11.1 Å². The first-order valence-corrected chi connectivity index (χ1v) is 24.2. The van der Waals surface area contributed by atoms with E-state index in [0.717, 1.165) is 11.4 Å². The monoisotopic (exact) mass is 882 g/mol. The number of aryl methyl sites for hydroxylation is 4. The zero-order chi connectivity index (χ0) is 47.0. The van der Waals surface area contributed by atoms with Crippen LogP contribution >= 0.6 is 0 Å². The molecule has 12 aromatic rings. The molecule has 4 heteroatoms. The highest BCUT2D eigenvalue weighted by atomic mass is 15.2. The zero-order valence-electron chi connectivity index (χ0n) is 41.0. The van der Waals surface area contributed by atoms with Gasteiger partial charge in [-0.05, 0) is 174 Å². The molecule has 0 saturated heterocycles. The highest BCUT2D eigenvalue weighted by Crippen LogP contribution is 2.52. The molecule has 68 heavy (non-hydrogen) atoms. The molecule has 12 rings (SSSR count). The van der Waals surface area contributed by atoms with E-state index in [1.807, 2.05) is 0 Å². The lowest BCUT2D eigenvalue weighted by Gasteiger charge is -2.31. The van der Waals surface area contributed by atoms with Crippen LogP contribution in [0.15, 0.2) is 170 Å². The first-order chi connectivity index (χ1) is 32.7. The van der Waals surface area contributed by atoms with Gasteiger partial charge in [-0.15, -0.1) is 0 Å². The Labute approximate surface area is 399 Å². The van der Waals surface area contributed by atoms with E-state index in [9.17, 15) is 0 Å². The van der Waals surface area contributed by atoms with Crippen LogP contribution < -0.4 is 9.80 Å². The number of para-hydroxylation sites is 2. The number of hydrogen-bond donors (Lipinski definition) is 0. The normalized spacial score (nSPS) is 12.6. The van der Waals surface area contributed by atoms with Crippen LogP contribution in [0, 0.1) is 27.7 Å². The summed E-state index contributed by atoms with van der Waals surface area (Å²) in [4.78, 5) is 5.12. The Hall–Kier alpha value is -7.56. The summed E-state index contributed by atoms with van der Waals surface area (Å²) in [6.45, 7) is 22.8. The quantitative estimate of drug-likeness (QED) is 0.155. The summed E-state index contributed by atoms with van der Waals surface area (Å²) in [5.41, 5.74) is 16.7. The molecule has 0 aliphatic rings. The van der Waals surface area contributed by atoms with Crippen LogP contribution in [0.5, 0.6) is 0 Å². The van der Waals surface area contributed by atoms with Gasteiger partial charge in [0.05, 0.1) is 33.8 Å². The lowest BCUT2D eigenvalue weighted by Crippen LogP contribution is -2.21. The average Bonchev–Trinajstić information content (AvgIpc) is 3.86. The first-order valence-electron chi connectivity index (χ1n) is 24.2. The molecule has 334 valence electrons. The second-order valence-corrected chi connectivity index (χ2v) is 21.2. The first kappa shape index (κ1) is 41.8. The Balaban J connectivity index is 1.17. The lowest BCUT2D eigenvalue weighted by atomic mass is 9.91. The van der Waals surface area contributed by atoms with E-state index in [1.54, 1.807) is 0 Å². The van der Waals surface area contributed by atoms with Crippen molar-refractivity contribution in [3.63, 3.8) is 0 Å². The molecule has 0 amide bonds. The summed E-state index contributed by atoms with van der Waals surface area (Å²) < 4.78 is 5.05. The van der Waals surface area contributed by atoms with Crippen molar-refractivity contribution < 1.29 is 0 Å². The molecule has 0 aliphatic heterocycles. The zero-order valence-corrected chi connectivity index (χ0v) is 41.0. The Kier molecular flexibility index (Phi) is 9.21. The number of anilines is 6. The molecule has 2 aromatic heterocycles. The molecule has 10 aromatic carbocycles. The van der Waals surface area contributed by atoms with Crippen molar-refractivity contribution in [1.29, 1.82) is 0 Å². The third-order valence-electron chi connectivity index (χ3n) is 14.5. The second kappa shape index (κ2) is 15.0. The summed E-state index contributed by atoms with van der Waals surface area (Å²) in [6, 6.07) is 64.3. The minimum absolute atomic E-state index is 0.130. The fraction of sp³-hybridized carbons (Fsp3) is 0.188. The fourth-order valence-electron chi connectivity index (χ4n) is 11.7. The van der Waals surface area contributed by atoms with Crippen molar-refractivity contribution >= 4 is 110 Å². The van der Waals surface area contributed by atoms with Gasteiger partial charge in [0.1, 0.15) is 0 Å². The van der Waals surface area contributed by atoms with Crippen LogP contribution in [0.3, 0.4) is 0 Å². The molecule has 0 N–H and O–H groups in total. The van der Waals surface area contributed by atoms with E-state index >= 15 is 0 Å². The summed E-state index contributed by atoms with van der Waals surface area (Å²) in [5.74, 6) is 0. The molecule has 0 aliphatic carbocycles. The molecular formula is C64H58N4. The maximum atomic E-state index is 2.56. The third kappa shape index (κ3) is 6.19. The van der Waals surface area contributed by atoms with E-state index in [4.69, 9.17) is 0 Å². The van der Waals surface area contributed by atoms with Crippen LogP contribution in [0.25, 0.3) is 75.9 Å². The lowest BCUT2D eigenvalue weighted by molar-refractivity contribution is 0.423. The molecule has 0 unspecified atom stereocenters. The molecule has 0 bridgehead atoms. The summed E-state index contributed by atoms with van der Waals surface area (Å²) in [7, 11) is 0. The van der Waals surface area contributed by atoms with Gasteiger partial charge in [-0.1, -0.05) is 109 Å². The molecule has 0 saturated carbocycles. The van der Waals surface area contributed by atoms with Crippen molar-refractivity contribution in [2.24, 2.45) is 0 Å². The van der Waals surface area contributed by atoms with Gasteiger partial charge in [0, 0.05) is 65.8 Å². The summed E-state index contributed by atoms with van der Waals surface area (Å²) in [5, 5.41) is 12.5. The van der Waals surface area contributed by atoms with Gasteiger partial charge in [-0.25, -0.2) is 0 Å². The second-order valence-electron chi connectivity index (χ2n) is 21.2. The van der Waals surface area contributed by atoms with Crippen molar-refractivity contribution in [2.45, 2.75) is 80.3 Å². The molecule has 0 fully saturated rings. The van der Waals surface area contributed by atoms with Crippen LogP contribution in [0.4, 0.5) is 34.1 Å². The molecular weight excluding hydrogens is 825 g/mol. The predicted molar refractivity (Wildman–Crippen MR) is 294 cm³/mol. The highest BCUT2D eigenvalue weighted by molar-refractivity contribution is 6.29. The maximum absolute atomic E-state index is 2.56. The largest absolute Gasteiger partial charge is 0.335 e. The van der Waals surface area contributed by atoms with E-state index in [0.29, 0.717) is 0 Å². The molecule has 2 heterocycles. The molecule has 0 atom stereocenters. The topological polar surface area (TPSA) is 16.3 Å². The standard InChI is InChI=1S/C64H58N4/c1-39-25-27-41(3)57(37-39)65(53-21-15-23-55-61(53)45-17-11-13-19-51(45)67(55)63(5,6)7)49-35-31-43-30-34-48-50(36-32-44-29-33-47(49)59(43)60(44)48)66(58-38-40(2)26-28-42(58)4)54-22-16-24-56-62(54)46-18-12-14-20-52(46)68(56)64(8,9)10/h11-38H,1-10H3. The number of rotatable bonds is 6. The van der Waals surface area contributed by atoms with Gasteiger partial charge < -0.3 is 18.9 Å². The third-order valence-corrected chi connectivity index (χ3v) is 14.5. The van der Waals surface area contributed by atoms with Crippen LogP contribution in [0.1, 0.15) is 63.8 Å².